The largest absolute Gasteiger partial charge is 0.376 e. The van der Waals surface area contributed by atoms with Crippen LogP contribution in [0.5, 0.6) is 0 Å². The van der Waals surface area contributed by atoms with Gasteiger partial charge in [0.25, 0.3) is 5.91 Å². The van der Waals surface area contributed by atoms with Crippen LogP contribution in [0.2, 0.25) is 0 Å². The average Bonchev–Trinajstić information content (AvgIpc) is 3.14. The Morgan fingerprint density at radius 3 is 2.64 bits per heavy atom. The SMILES string of the molecule is CC(C)c1ccc(Nc2cnc(C(=O)NCC3CCCO3)cn2)cc1. The third kappa shape index (κ3) is 4.76. The van der Waals surface area contributed by atoms with E-state index in [0.29, 0.717) is 24.0 Å². The summed E-state index contributed by atoms with van der Waals surface area (Å²) in [6.07, 6.45) is 5.21. The maximum atomic E-state index is 12.1. The Balaban J connectivity index is 1.55. The minimum Gasteiger partial charge on any atom is -0.376 e. The Morgan fingerprint density at radius 1 is 1.24 bits per heavy atom. The van der Waals surface area contributed by atoms with E-state index in [9.17, 15) is 4.79 Å². The maximum Gasteiger partial charge on any atom is 0.271 e. The van der Waals surface area contributed by atoms with Crippen molar-refractivity contribution < 1.29 is 9.53 Å². The molecule has 1 saturated heterocycles. The van der Waals surface area contributed by atoms with Crippen LogP contribution < -0.4 is 10.6 Å². The van der Waals surface area contributed by atoms with Crippen LogP contribution in [0.1, 0.15) is 48.7 Å². The molecule has 6 nitrogen and oxygen atoms in total. The van der Waals surface area contributed by atoms with Crippen molar-refractivity contribution in [3.63, 3.8) is 0 Å². The van der Waals surface area contributed by atoms with E-state index in [1.165, 1.54) is 11.8 Å². The zero-order valence-corrected chi connectivity index (χ0v) is 14.7. The van der Waals surface area contributed by atoms with Gasteiger partial charge in [0.05, 0.1) is 18.5 Å². The Bertz CT molecular complexity index is 692. The first kappa shape index (κ1) is 17.4. The standard InChI is InChI=1S/C19H24N4O2/c1-13(2)14-5-7-15(8-6-14)23-18-12-20-17(11-21-18)19(24)22-10-16-4-3-9-25-16/h5-8,11-13,16H,3-4,9-10H2,1-2H3,(H,21,23)(H,22,24). The van der Waals surface area contributed by atoms with E-state index < -0.39 is 0 Å². The lowest BCUT2D eigenvalue weighted by Gasteiger charge is -2.11. The summed E-state index contributed by atoms with van der Waals surface area (Å²) >= 11 is 0. The van der Waals surface area contributed by atoms with Gasteiger partial charge in [0, 0.05) is 18.8 Å². The number of aromatic nitrogens is 2. The number of carbonyl (C=O) groups is 1. The Morgan fingerprint density at radius 2 is 2.04 bits per heavy atom. The molecule has 25 heavy (non-hydrogen) atoms. The summed E-state index contributed by atoms with van der Waals surface area (Å²) in [5.74, 6) is 0.880. The number of rotatable bonds is 6. The third-order valence-corrected chi connectivity index (χ3v) is 4.25. The van der Waals surface area contributed by atoms with Crippen LogP contribution in [0.4, 0.5) is 11.5 Å². The van der Waals surface area contributed by atoms with E-state index in [2.05, 4.69) is 46.6 Å². The van der Waals surface area contributed by atoms with Crippen LogP contribution in [0.15, 0.2) is 36.7 Å². The summed E-state index contributed by atoms with van der Waals surface area (Å²) in [5, 5.41) is 6.03. The van der Waals surface area contributed by atoms with Gasteiger partial charge in [-0.2, -0.15) is 0 Å². The highest BCUT2D eigenvalue weighted by Crippen LogP contribution is 2.19. The summed E-state index contributed by atoms with van der Waals surface area (Å²) in [4.78, 5) is 20.5. The van der Waals surface area contributed by atoms with Crippen LogP contribution in [-0.2, 0) is 4.74 Å². The molecule has 0 spiro atoms. The molecule has 1 aliphatic heterocycles. The lowest BCUT2D eigenvalue weighted by atomic mass is 10.0. The van der Waals surface area contributed by atoms with Crippen LogP contribution in [0, 0.1) is 0 Å². The number of hydrogen-bond donors (Lipinski definition) is 2. The first-order chi connectivity index (χ1) is 12.1. The number of amides is 1. The molecule has 2 N–H and O–H groups in total. The first-order valence-electron chi connectivity index (χ1n) is 8.70. The average molecular weight is 340 g/mol. The zero-order valence-electron chi connectivity index (χ0n) is 14.7. The predicted octanol–water partition coefficient (Wildman–Crippen LogP) is 3.25. The van der Waals surface area contributed by atoms with E-state index in [-0.39, 0.29) is 12.0 Å². The first-order valence-corrected chi connectivity index (χ1v) is 8.70. The topological polar surface area (TPSA) is 76.1 Å². The molecule has 3 rings (SSSR count). The van der Waals surface area contributed by atoms with Gasteiger partial charge in [-0.15, -0.1) is 0 Å². The van der Waals surface area contributed by atoms with Gasteiger partial charge in [0.1, 0.15) is 11.5 Å². The second-order valence-electron chi connectivity index (χ2n) is 6.53. The van der Waals surface area contributed by atoms with Gasteiger partial charge in [-0.05, 0) is 36.5 Å². The highest BCUT2D eigenvalue weighted by Gasteiger charge is 2.17. The highest BCUT2D eigenvalue weighted by molar-refractivity contribution is 5.92. The maximum absolute atomic E-state index is 12.1. The van der Waals surface area contributed by atoms with Gasteiger partial charge in [0.15, 0.2) is 0 Å². The van der Waals surface area contributed by atoms with Gasteiger partial charge in [0.2, 0.25) is 0 Å². The van der Waals surface area contributed by atoms with Crippen molar-refractivity contribution in [1.82, 2.24) is 15.3 Å². The number of anilines is 2. The van der Waals surface area contributed by atoms with Gasteiger partial charge < -0.3 is 15.4 Å². The summed E-state index contributed by atoms with van der Waals surface area (Å²) in [6.45, 7) is 5.62. The number of benzene rings is 1. The van der Waals surface area contributed by atoms with Gasteiger partial charge >= 0.3 is 0 Å². The Hall–Kier alpha value is -2.47. The fourth-order valence-electron chi connectivity index (χ4n) is 2.71. The van der Waals surface area contributed by atoms with Crippen molar-refractivity contribution in [3.05, 3.63) is 47.9 Å². The molecular formula is C19H24N4O2. The molecule has 0 bridgehead atoms. The van der Waals surface area contributed by atoms with E-state index in [1.807, 2.05) is 12.1 Å². The number of carbonyl (C=O) groups excluding carboxylic acids is 1. The van der Waals surface area contributed by atoms with E-state index >= 15 is 0 Å². The van der Waals surface area contributed by atoms with Gasteiger partial charge in [-0.3, -0.25) is 4.79 Å². The minimum atomic E-state index is -0.226. The molecule has 6 heteroatoms. The molecule has 132 valence electrons. The fraction of sp³-hybridized carbons (Fsp3) is 0.421. The van der Waals surface area contributed by atoms with Crippen LogP contribution >= 0.6 is 0 Å². The summed E-state index contributed by atoms with van der Waals surface area (Å²) in [7, 11) is 0. The molecule has 2 heterocycles. The summed E-state index contributed by atoms with van der Waals surface area (Å²) < 4.78 is 5.49. The molecular weight excluding hydrogens is 316 g/mol. The van der Waals surface area contributed by atoms with E-state index in [0.717, 1.165) is 25.1 Å². The number of ether oxygens (including phenoxy) is 1. The van der Waals surface area contributed by atoms with E-state index in [4.69, 9.17) is 4.74 Å². The number of nitrogens with one attached hydrogen (secondary N) is 2. The van der Waals surface area contributed by atoms with Crippen molar-refractivity contribution in [3.8, 4) is 0 Å². The molecule has 1 fully saturated rings. The fourth-order valence-corrected chi connectivity index (χ4v) is 2.71. The van der Waals surface area contributed by atoms with Crippen LogP contribution in [-0.4, -0.2) is 35.1 Å². The summed E-state index contributed by atoms with van der Waals surface area (Å²) in [6, 6.07) is 8.21. The van der Waals surface area contributed by atoms with Crippen molar-refractivity contribution >= 4 is 17.4 Å². The molecule has 0 radical (unpaired) electrons. The van der Waals surface area contributed by atoms with Gasteiger partial charge in [-0.1, -0.05) is 26.0 Å². The normalized spacial score (nSPS) is 16.8. The highest BCUT2D eigenvalue weighted by atomic mass is 16.5. The van der Waals surface area contributed by atoms with E-state index in [1.54, 1.807) is 6.20 Å². The molecule has 1 aliphatic rings. The van der Waals surface area contributed by atoms with Crippen molar-refractivity contribution in [2.75, 3.05) is 18.5 Å². The molecule has 2 aromatic rings. The Labute approximate surface area is 148 Å². The molecule has 1 atom stereocenters. The van der Waals surface area contributed by atoms with Crippen molar-refractivity contribution in [1.29, 1.82) is 0 Å². The monoisotopic (exact) mass is 340 g/mol. The summed E-state index contributed by atoms with van der Waals surface area (Å²) in [5.41, 5.74) is 2.53. The van der Waals surface area contributed by atoms with Crippen molar-refractivity contribution in [2.24, 2.45) is 0 Å². The molecule has 1 aromatic heterocycles. The smallest absolute Gasteiger partial charge is 0.271 e. The third-order valence-electron chi connectivity index (χ3n) is 4.25. The second kappa shape index (κ2) is 8.07. The van der Waals surface area contributed by atoms with Crippen LogP contribution in [0.3, 0.4) is 0 Å². The quantitative estimate of drug-likeness (QED) is 0.844. The molecule has 0 saturated carbocycles. The molecule has 1 amide bonds. The second-order valence-corrected chi connectivity index (χ2v) is 6.53. The Kier molecular flexibility index (Phi) is 5.60. The lowest BCUT2D eigenvalue weighted by Crippen LogP contribution is -2.32. The predicted molar refractivity (Wildman–Crippen MR) is 97.2 cm³/mol. The van der Waals surface area contributed by atoms with Gasteiger partial charge in [-0.25, -0.2) is 9.97 Å². The zero-order chi connectivity index (χ0) is 17.6. The van der Waals surface area contributed by atoms with Crippen LogP contribution in [0.25, 0.3) is 0 Å². The number of hydrogen-bond acceptors (Lipinski definition) is 5. The lowest BCUT2D eigenvalue weighted by molar-refractivity contribution is 0.0853. The van der Waals surface area contributed by atoms with Crippen molar-refractivity contribution in [2.45, 2.75) is 38.7 Å². The molecule has 0 aliphatic carbocycles. The number of nitrogens with zero attached hydrogens (tertiary/aromatic N) is 2. The molecule has 1 aromatic carbocycles. The molecule has 1 unspecified atom stereocenters. The minimum absolute atomic E-state index is 0.117.